The quantitative estimate of drug-likeness (QED) is 0.901. The lowest BCUT2D eigenvalue weighted by Crippen LogP contribution is -2.25. The lowest BCUT2D eigenvalue weighted by atomic mass is 10.1. The van der Waals surface area contributed by atoms with Crippen molar-refractivity contribution in [1.29, 1.82) is 0 Å². The third-order valence-electron chi connectivity index (χ3n) is 2.46. The fraction of sp³-hybridized carbons (Fsp3) is 0.231. The summed E-state index contributed by atoms with van der Waals surface area (Å²) in [4.78, 5) is 15.4. The molecule has 0 fully saturated rings. The number of aromatic nitrogens is 1. The molecule has 2 rings (SSSR count). The van der Waals surface area contributed by atoms with Crippen LogP contribution in [0.4, 0.5) is 4.39 Å². The average Bonchev–Trinajstić information content (AvgIpc) is 2.78. The molecular weight excluding hydrogens is 235 g/mol. The van der Waals surface area contributed by atoms with Crippen LogP contribution in [0.15, 0.2) is 34.9 Å². The first-order valence-electron chi connectivity index (χ1n) is 5.60. The van der Waals surface area contributed by atoms with Gasteiger partial charge in [-0.25, -0.2) is 9.37 Å². The van der Waals surface area contributed by atoms with Crippen molar-refractivity contribution in [3.63, 3.8) is 0 Å². The molecule has 0 atom stereocenters. The molecule has 4 nitrogen and oxygen atoms in total. The van der Waals surface area contributed by atoms with Crippen LogP contribution in [0.3, 0.4) is 0 Å². The lowest BCUT2D eigenvalue weighted by Gasteiger charge is -2.03. The number of carbonyl (C=O) groups is 1. The maximum atomic E-state index is 12.7. The van der Waals surface area contributed by atoms with Crippen LogP contribution in [0.25, 0.3) is 0 Å². The van der Waals surface area contributed by atoms with Gasteiger partial charge in [-0.3, -0.25) is 4.79 Å². The Kier molecular flexibility index (Phi) is 3.72. The Bertz CT molecular complexity index is 534. The zero-order valence-electron chi connectivity index (χ0n) is 9.94. The monoisotopic (exact) mass is 248 g/mol. The minimum absolute atomic E-state index is 0.201. The number of rotatable bonds is 4. The zero-order valence-corrected chi connectivity index (χ0v) is 9.94. The highest BCUT2D eigenvalue weighted by Gasteiger charge is 2.09. The molecule has 0 aliphatic heterocycles. The van der Waals surface area contributed by atoms with Crippen molar-refractivity contribution >= 4 is 5.91 Å². The molecule has 1 N–H and O–H groups in total. The van der Waals surface area contributed by atoms with Gasteiger partial charge < -0.3 is 9.73 Å². The average molecular weight is 248 g/mol. The summed E-state index contributed by atoms with van der Waals surface area (Å²) in [6.45, 7) is 2.14. The van der Waals surface area contributed by atoms with E-state index in [0.29, 0.717) is 18.9 Å². The van der Waals surface area contributed by atoms with Gasteiger partial charge in [0, 0.05) is 13.5 Å². The number of benzene rings is 1. The molecule has 0 spiro atoms. The molecule has 1 heterocycles. The van der Waals surface area contributed by atoms with E-state index < -0.39 is 0 Å². The number of halogens is 1. The highest BCUT2D eigenvalue weighted by atomic mass is 19.1. The molecule has 0 saturated carbocycles. The Balaban J connectivity index is 1.82. The van der Waals surface area contributed by atoms with Crippen LogP contribution >= 0.6 is 0 Å². The first-order valence-corrected chi connectivity index (χ1v) is 5.60. The van der Waals surface area contributed by atoms with E-state index in [1.165, 1.54) is 18.3 Å². The molecule has 0 aliphatic carbocycles. The molecule has 0 unspecified atom stereocenters. The van der Waals surface area contributed by atoms with Gasteiger partial charge in [-0.1, -0.05) is 12.1 Å². The summed E-state index contributed by atoms with van der Waals surface area (Å²) in [6.07, 6.45) is 2.03. The maximum absolute atomic E-state index is 12.7. The van der Waals surface area contributed by atoms with E-state index in [1.54, 1.807) is 19.1 Å². The van der Waals surface area contributed by atoms with E-state index in [9.17, 15) is 9.18 Å². The molecule has 94 valence electrons. The number of aryl methyl sites for hydroxylation is 1. The van der Waals surface area contributed by atoms with Crippen molar-refractivity contribution in [3.8, 4) is 0 Å². The Hall–Kier alpha value is -2.17. The van der Waals surface area contributed by atoms with Crippen molar-refractivity contribution in [3.05, 3.63) is 53.5 Å². The van der Waals surface area contributed by atoms with Crippen molar-refractivity contribution in [2.45, 2.75) is 13.3 Å². The van der Waals surface area contributed by atoms with E-state index in [4.69, 9.17) is 4.42 Å². The largest absolute Gasteiger partial charge is 0.436 e. The van der Waals surface area contributed by atoms with E-state index >= 15 is 0 Å². The van der Waals surface area contributed by atoms with E-state index in [0.717, 1.165) is 5.56 Å². The van der Waals surface area contributed by atoms with E-state index in [1.807, 2.05) is 0 Å². The van der Waals surface area contributed by atoms with Crippen LogP contribution in [-0.4, -0.2) is 17.4 Å². The third-order valence-corrected chi connectivity index (χ3v) is 2.46. The number of nitrogens with one attached hydrogen (secondary N) is 1. The highest BCUT2D eigenvalue weighted by Crippen LogP contribution is 2.04. The van der Waals surface area contributed by atoms with Crippen LogP contribution in [0.5, 0.6) is 0 Å². The van der Waals surface area contributed by atoms with Gasteiger partial charge in [0.1, 0.15) is 5.82 Å². The van der Waals surface area contributed by atoms with Gasteiger partial charge in [0.2, 0.25) is 5.76 Å². The summed E-state index contributed by atoms with van der Waals surface area (Å²) in [6, 6.07) is 6.19. The number of hydrogen-bond donors (Lipinski definition) is 1. The molecule has 0 bridgehead atoms. The van der Waals surface area contributed by atoms with Gasteiger partial charge >= 0.3 is 0 Å². The summed E-state index contributed by atoms with van der Waals surface area (Å²) in [5, 5.41) is 2.71. The number of oxazole rings is 1. The van der Waals surface area contributed by atoms with E-state index in [2.05, 4.69) is 10.3 Å². The van der Waals surface area contributed by atoms with Gasteiger partial charge in [0.15, 0.2) is 5.89 Å². The van der Waals surface area contributed by atoms with E-state index in [-0.39, 0.29) is 17.5 Å². The Morgan fingerprint density at radius 3 is 2.72 bits per heavy atom. The van der Waals surface area contributed by atoms with Crippen molar-refractivity contribution in [1.82, 2.24) is 10.3 Å². The number of carbonyl (C=O) groups excluding carboxylic acids is 1. The van der Waals surface area contributed by atoms with Crippen LogP contribution in [-0.2, 0) is 6.42 Å². The molecule has 1 amide bonds. The van der Waals surface area contributed by atoms with Crippen molar-refractivity contribution < 1.29 is 13.6 Å². The molecule has 5 heteroatoms. The second kappa shape index (κ2) is 5.44. The normalized spacial score (nSPS) is 10.3. The van der Waals surface area contributed by atoms with Gasteiger partial charge in [-0.15, -0.1) is 0 Å². The standard InChI is InChI=1S/C13H13FN2O2/c1-9-16-8-12(18-9)13(17)15-7-6-10-2-4-11(14)5-3-10/h2-5,8H,6-7H2,1H3,(H,15,17). The van der Waals surface area contributed by atoms with Gasteiger partial charge in [0.05, 0.1) is 6.20 Å². The smallest absolute Gasteiger partial charge is 0.288 e. The van der Waals surface area contributed by atoms with Gasteiger partial charge in [-0.05, 0) is 24.1 Å². The van der Waals surface area contributed by atoms with Gasteiger partial charge in [-0.2, -0.15) is 0 Å². The Morgan fingerprint density at radius 2 is 2.11 bits per heavy atom. The fourth-order valence-electron chi connectivity index (χ4n) is 1.52. The minimum Gasteiger partial charge on any atom is -0.436 e. The number of hydrogen-bond acceptors (Lipinski definition) is 3. The number of amides is 1. The molecule has 1 aromatic heterocycles. The predicted molar refractivity (Wildman–Crippen MR) is 63.7 cm³/mol. The molecule has 18 heavy (non-hydrogen) atoms. The SMILES string of the molecule is Cc1ncc(C(=O)NCCc2ccc(F)cc2)o1. The molecule has 2 aromatic rings. The topological polar surface area (TPSA) is 55.1 Å². The van der Waals surface area contributed by atoms with Crippen LogP contribution in [0.1, 0.15) is 22.0 Å². The van der Waals surface area contributed by atoms with Crippen molar-refractivity contribution in [2.24, 2.45) is 0 Å². The zero-order chi connectivity index (χ0) is 13.0. The third kappa shape index (κ3) is 3.16. The molecular formula is C13H13FN2O2. The van der Waals surface area contributed by atoms with Gasteiger partial charge in [0.25, 0.3) is 5.91 Å². The molecule has 0 saturated heterocycles. The van der Waals surface area contributed by atoms with Crippen LogP contribution in [0.2, 0.25) is 0 Å². The highest BCUT2D eigenvalue weighted by molar-refractivity contribution is 5.91. The first-order chi connectivity index (χ1) is 8.65. The first kappa shape index (κ1) is 12.3. The molecule has 0 aliphatic rings. The molecule has 0 radical (unpaired) electrons. The maximum Gasteiger partial charge on any atom is 0.288 e. The van der Waals surface area contributed by atoms with Crippen LogP contribution in [0, 0.1) is 12.7 Å². The second-order valence-corrected chi connectivity index (χ2v) is 3.88. The van der Waals surface area contributed by atoms with Crippen LogP contribution < -0.4 is 5.32 Å². The summed E-state index contributed by atoms with van der Waals surface area (Å²) >= 11 is 0. The summed E-state index contributed by atoms with van der Waals surface area (Å²) < 4.78 is 17.8. The summed E-state index contributed by atoms with van der Waals surface area (Å²) in [5.41, 5.74) is 0.963. The summed E-state index contributed by atoms with van der Waals surface area (Å²) in [5.74, 6) is 0.0999. The Labute approximate surface area is 104 Å². The minimum atomic E-state index is -0.294. The second-order valence-electron chi connectivity index (χ2n) is 3.88. The van der Waals surface area contributed by atoms with Crippen molar-refractivity contribution in [2.75, 3.05) is 6.54 Å². The predicted octanol–water partition coefficient (Wildman–Crippen LogP) is 2.09. The lowest BCUT2D eigenvalue weighted by molar-refractivity contribution is 0.0925. The Morgan fingerprint density at radius 1 is 1.39 bits per heavy atom. The summed E-state index contributed by atoms with van der Waals surface area (Å²) in [7, 11) is 0. The molecule has 1 aromatic carbocycles. The fourth-order valence-corrected chi connectivity index (χ4v) is 1.52. The number of nitrogens with zero attached hydrogens (tertiary/aromatic N) is 1.